The minimum atomic E-state index is -1.00. The molecule has 0 saturated heterocycles. The van der Waals surface area contributed by atoms with Gasteiger partial charge >= 0.3 is 5.97 Å². The Kier molecular flexibility index (Phi) is 6.36. The summed E-state index contributed by atoms with van der Waals surface area (Å²) in [6, 6.07) is 7.47. The van der Waals surface area contributed by atoms with E-state index < -0.39 is 11.2 Å². The van der Waals surface area contributed by atoms with Crippen LogP contribution in [0.15, 0.2) is 33.9 Å². The minimum absolute atomic E-state index is 0.159. The SMILES string of the molecule is CCOC(=O)C(Sc1nnc(Cc2ccc(OC)cc2)o1)C(C)=O. The van der Waals surface area contributed by atoms with Gasteiger partial charge in [0.1, 0.15) is 5.75 Å². The van der Waals surface area contributed by atoms with Crippen molar-refractivity contribution in [2.24, 2.45) is 0 Å². The van der Waals surface area contributed by atoms with Crippen LogP contribution >= 0.6 is 11.8 Å². The van der Waals surface area contributed by atoms with Gasteiger partial charge in [-0.3, -0.25) is 9.59 Å². The fourth-order valence-electron chi connectivity index (χ4n) is 1.89. The third-order valence-corrected chi connectivity index (χ3v) is 4.18. The highest BCUT2D eigenvalue weighted by molar-refractivity contribution is 8.01. The molecule has 1 heterocycles. The second kappa shape index (κ2) is 8.49. The van der Waals surface area contributed by atoms with E-state index in [0.29, 0.717) is 12.3 Å². The van der Waals surface area contributed by atoms with Crippen molar-refractivity contribution in [2.45, 2.75) is 30.7 Å². The van der Waals surface area contributed by atoms with E-state index in [1.807, 2.05) is 24.3 Å². The molecule has 0 radical (unpaired) electrons. The molecule has 0 spiro atoms. The summed E-state index contributed by atoms with van der Waals surface area (Å²) in [6.45, 7) is 3.21. The van der Waals surface area contributed by atoms with Crippen LogP contribution < -0.4 is 4.74 Å². The maximum atomic E-state index is 11.8. The second-order valence-corrected chi connectivity index (χ2v) is 5.90. The Morgan fingerprint density at radius 1 is 1.25 bits per heavy atom. The highest BCUT2D eigenvalue weighted by Crippen LogP contribution is 2.24. The maximum absolute atomic E-state index is 11.8. The normalized spacial score (nSPS) is 11.8. The van der Waals surface area contributed by atoms with E-state index in [9.17, 15) is 9.59 Å². The zero-order valence-electron chi connectivity index (χ0n) is 13.6. The molecule has 0 aliphatic heterocycles. The molecule has 2 rings (SSSR count). The van der Waals surface area contributed by atoms with Gasteiger partial charge in [-0.25, -0.2) is 0 Å². The predicted octanol–water partition coefficient (Wildman–Crippen LogP) is 2.28. The molecular weight excluding hydrogens is 332 g/mol. The molecule has 0 amide bonds. The van der Waals surface area contributed by atoms with Crippen molar-refractivity contribution in [2.75, 3.05) is 13.7 Å². The van der Waals surface area contributed by atoms with E-state index >= 15 is 0 Å². The summed E-state index contributed by atoms with van der Waals surface area (Å²) in [5, 5.41) is 6.97. The standard InChI is InChI=1S/C16H18N2O5S/c1-4-22-15(20)14(10(2)19)24-16-18-17-13(23-16)9-11-5-7-12(21-3)8-6-11/h5-8,14H,4,9H2,1-3H3. The lowest BCUT2D eigenvalue weighted by Crippen LogP contribution is -2.27. The van der Waals surface area contributed by atoms with Gasteiger partial charge in [-0.2, -0.15) is 0 Å². The average Bonchev–Trinajstić information content (AvgIpc) is 3.00. The van der Waals surface area contributed by atoms with Crippen molar-refractivity contribution >= 4 is 23.5 Å². The zero-order valence-corrected chi connectivity index (χ0v) is 14.5. The number of esters is 1. The van der Waals surface area contributed by atoms with Gasteiger partial charge in [0.15, 0.2) is 11.0 Å². The number of carbonyl (C=O) groups is 2. The highest BCUT2D eigenvalue weighted by atomic mass is 32.2. The van der Waals surface area contributed by atoms with E-state index in [1.54, 1.807) is 14.0 Å². The Hall–Kier alpha value is -2.35. The van der Waals surface area contributed by atoms with Crippen LogP contribution in [-0.4, -0.2) is 40.9 Å². The lowest BCUT2D eigenvalue weighted by Gasteiger charge is -2.09. The van der Waals surface area contributed by atoms with Gasteiger partial charge in [0, 0.05) is 0 Å². The Morgan fingerprint density at radius 2 is 1.96 bits per heavy atom. The Balaban J connectivity index is 2.03. The van der Waals surface area contributed by atoms with Crippen LogP contribution in [0.5, 0.6) is 5.75 Å². The van der Waals surface area contributed by atoms with Crippen molar-refractivity contribution in [3.8, 4) is 5.75 Å². The van der Waals surface area contributed by atoms with Crippen LogP contribution in [0.2, 0.25) is 0 Å². The zero-order chi connectivity index (χ0) is 17.5. The van der Waals surface area contributed by atoms with E-state index in [-0.39, 0.29) is 17.6 Å². The predicted molar refractivity (Wildman–Crippen MR) is 87.1 cm³/mol. The summed E-state index contributed by atoms with van der Waals surface area (Å²) in [7, 11) is 1.60. The number of ether oxygens (including phenoxy) is 2. The molecule has 128 valence electrons. The largest absolute Gasteiger partial charge is 0.497 e. The monoisotopic (exact) mass is 350 g/mol. The van der Waals surface area contributed by atoms with Crippen LogP contribution in [0.3, 0.4) is 0 Å². The Bertz CT molecular complexity index is 699. The number of benzene rings is 1. The van der Waals surface area contributed by atoms with Gasteiger partial charge in [0.2, 0.25) is 5.89 Å². The maximum Gasteiger partial charge on any atom is 0.327 e. The summed E-state index contributed by atoms with van der Waals surface area (Å²) in [6.07, 6.45) is 0.446. The molecule has 24 heavy (non-hydrogen) atoms. The summed E-state index contributed by atoms with van der Waals surface area (Å²) in [5.74, 6) is 0.228. The number of methoxy groups -OCH3 is 1. The van der Waals surface area contributed by atoms with Crippen LogP contribution in [0, 0.1) is 0 Å². The molecule has 8 heteroatoms. The first-order valence-corrected chi connectivity index (χ1v) is 8.20. The molecule has 0 fully saturated rings. The van der Waals surface area contributed by atoms with E-state index in [2.05, 4.69) is 10.2 Å². The summed E-state index contributed by atoms with van der Waals surface area (Å²) in [4.78, 5) is 23.4. The summed E-state index contributed by atoms with van der Waals surface area (Å²) in [5.41, 5.74) is 0.976. The smallest absolute Gasteiger partial charge is 0.327 e. The summed E-state index contributed by atoms with van der Waals surface area (Å²) < 4.78 is 15.5. The van der Waals surface area contributed by atoms with Gasteiger partial charge in [-0.1, -0.05) is 12.1 Å². The number of hydrogen-bond acceptors (Lipinski definition) is 8. The third-order valence-electron chi connectivity index (χ3n) is 3.05. The molecule has 0 aliphatic rings. The fourth-order valence-corrected chi connectivity index (χ4v) is 2.66. The first-order chi connectivity index (χ1) is 11.5. The minimum Gasteiger partial charge on any atom is -0.497 e. The van der Waals surface area contributed by atoms with Crippen molar-refractivity contribution in [1.29, 1.82) is 0 Å². The highest BCUT2D eigenvalue weighted by Gasteiger charge is 2.28. The number of rotatable bonds is 8. The van der Waals surface area contributed by atoms with Gasteiger partial charge in [-0.15, -0.1) is 10.2 Å². The lowest BCUT2D eigenvalue weighted by atomic mass is 10.1. The van der Waals surface area contributed by atoms with Crippen molar-refractivity contribution in [3.63, 3.8) is 0 Å². The first kappa shape index (κ1) is 18.0. The van der Waals surface area contributed by atoms with Crippen molar-refractivity contribution in [1.82, 2.24) is 10.2 Å². The molecule has 0 bridgehead atoms. The van der Waals surface area contributed by atoms with E-state index in [4.69, 9.17) is 13.9 Å². The fraction of sp³-hybridized carbons (Fsp3) is 0.375. The third kappa shape index (κ3) is 4.82. The van der Waals surface area contributed by atoms with Gasteiger partial charge in [0.05, 0.1) is 20.1 Å². The first-order valence-electron chi connectivity index (χ1n) is 7.32. The molecule has 1 aromatic heterocycles. The molecular formula is C16H18N2O5S. The molecule has 2 aromatic rings. The molecule has 0 saturated carbocycles. The number of ketones is 1. The number of hydrogen-bond donors (Lipinski definition) is 0. The molecule has 0 N–H and O–H groups in total. The van der Waals surface area contributed by atoms with Gasteiger partial charge in [0.25, 0.3) is 5.22 Å². The molecule has 1 unspecified atom stereocenters. The van der Waals surface area contributed by atoms with Crippen LogP contribution in [-0.2, 0) is 20.7 Å². The number of thioether (sulfide) groups is 1. The molecule has 0 aliphatic carbocycles. The van der Waals surface area contributed by atoms with E-state index in [0.717, 1.165) is 23.1 Å². The van der Waals surface area contributed by atoms with Gasteiger partial charge < -0.3 is 13.9 Å². The number of carbonyl (C=O) groups excluding carboxylic acids is 2. The molecule has 1 atom stereocenters. The van der Waals surface area contributed by atoms with Crippen molar-refractivity contribution < 1.29 is 23.5 Å². The van der Waals surface area contributed by atoms with Crippen LogP contribution in [0.4, 0.5) is 0 Å². The van der Waals surface area contributed by atoms with Gasteiger partial charge in [-0.05, 0) is 43.3 Å². The summed E-state index contributed by atoms with van der Waals surface area (Å²) >= 11 is 0.898. The van der Waals surface area contributed by atoms with Crippen LogP contribution in [0.25, 0.3) is 0 Å². The lowest BCUT2D eigenvalue weighted by molar-refractivity contribution is -0.144. The number of aromatic nitrogens is 2. The quantitative estimate of drug-likeness (QED) is 0.407. The average molecular weight is 350 g/mol. The molecule has 7 nitrogen and oxygen atoms in total. The van der Waals surface area contributed by atoms with E-state index in [1.165, 1.54) is 6.92 Å². The number of Topliss-reactive ketones (excluding diaryl/α,β-unsaturated/α-hetero) is 1. The van der Waals surface area contributed by atoms with Crippen LogP contribution in [0.1, 0.15) is 25.3 Å². The number of nitrogens with zero attached hydrogens (tertiary/aromatic N) is 2. The Labute approximate surface area is 143 Å². The molecule has 1 aromatic carbocycles. The topological polar surface area (TPSA) is 91.5 Å². The Morgan fingerprint density at radius 3 is 2.54 bits per heavy atom. The second-order valence-electron chi connectivity index (χ2n) is 4.85. The van der Waals surface area contributed by atoms with Crippen molar-refractivity contribution in [3.05, 3.63) is 35.7 Å².